The zero-order valence-corrected chi connectivity index (χ0v) is 16.1. The molecule has 0 aliphatic carbocycles. The Labute approximate surface area is 164 Å². The van der Waals surface area contributed by atoms with E-state index in [2.05, 4.69) is 15.4 Å². The molecule has 0 bridgehead atoms. The number of hydrogen-bond acceptors (Lipinski definition) is 6. The van der Waals surface area contributed by atoms with Gasteiger partial charge in [-0.2, -0.15) is 35.0 Å². The summed E-state index contributed by atoms with van der Waals surface area (Å²) >= 11 is 1.61. The summed E-state index contributed by atoms with van der Waals surface area (Å²) in [5, 5.41) is 6.96. The molecule has 2 aromatic rings. The third kappa shape index (κ3) is 4.01. The molecule has 0 saturated carbocycles. The second kappa shape index (κ2) is 8.26. The first-order valence-corrected chi connectivity index (χ1v) is 9.78. The van der Waals surface area contributed by atoms with Gasteiger partial charge in [-0.25, -0.2) is 9.48 Å². The Hall–Kier alpha value is -2.49. The van der Waals surface area contributed by atoms with Gasteiger partial charge >= 0.3 is 12.1 Å². The van der Waals surface area contributed by atoms with Crippen LogP contribution in [0.1, 0.15) is 31.0 Å². The minimum absolute atomic E-state index is 0.0798. The van der Waals surface area contributed by atoms with Crippen LogP contribution in [0.15, 0.2) is 41.9 Å². The monoisotopic (exact) mass is 412 g/mol. The molecule has 3 rings (SSSR count). The van der Waals surface area contributed by atoms with Gasteiger partial charge in [-0.3, -0.25) is 0 Å². The molecule has 0 amide bonds. The van der Waals surface area contributed by atoms with Crippen molar-refractivity contribution in [2.24, 2.45) is 0 Å². The van der Waals surface area contributed by atoms with Gasteiger partial charge in [0.2, 0.25) is 5.95 Å². The SMILES string of the molecule is CCSCCOC(=O)C1=C(C)Nc2ncnn2C1c1ccccc1C(F)(F)F. The topological polar surface area (TPSA) is 69.0 Å². The van der Waals surface area contributed by atoms with Crippen LogP contribution in [0.5, 0.6) is 0 Å². The molecule has 0 fully saturated rings. The molecule has 150 valence electrons. The van der Waals surface area contributed by atoms with Gasteiger partial charge in [-0.05, 0) is 24.3 Å². The largest absolute Gasteiger partial charge is 0.461 e. The van der Waals surface area contributed by atoms with Crippen molar-refractivity contribution in [3.05, 3.63) is 53.0 Å². The fraction of sp³-hybridized carbons (Fsp3) is 0.389. The quantitative estimate of drug-likeness (QED) is 0.574. The van der Waals surface area contributed by atoms with Gasteiger partial charge in [0.1, 0.15) is 19.0 Å². The molecule has 1 N–H and O–H groups in total. The fourth-order valence-corrected chi connectivity index (χ4v) is 3.54. The van der Waals surface area contributed by atoms with Crippen molar-refractivity contribution in [1.82, 2.24) is 14.8 Å². The Morgan fingerprint density at radius 1 is 1.36 bits per heavy atom. The summed E-state index contributed by atoms with van der Waals surface area (Å²) in [6, 6.07) is 4.05. The number of nitrogens with one attached hydrogen (secondary N) is 1. The van der Waals surface area contributed by atoms with E-state index in [1.54, 1.807) is 18.7 Å². The van der Waals surface area contributed by atoms with Crippen LogP contribution in [-0.2, 0) is 15.7 Å². The average molecular weight is 412 g/mol. The molecule has 1 atom stereocenters. The summed E-state index contributed by atoms with van der Waals surface area (Å²) in [5.74, 6) is 1.08. The average Bonchev–Trinajstić information content (AvgIpc) is 3.11. The molecular formula is C18H19F3N4O2S. The van der Waals surface area contributed by atoms with Crippen LogP contribution in [-0.4, -0.2) is 38.8 Å². The van der Waals surface area contributed by atoms with Crippen LogP contribution in [0.3, 0.4) is 0 Å². The van der Waals surface area contributed by atoms with Crippen molar-refractivity contribution in [1.29, 1.82) is 0 Å². The summed E-state index contributed by atoms with van der Waals surface area (Å²) in [6.07, 6.45) is -3.35. The number of hydrogen-bond donors (Lipinski definition) is 1. The van der Waals surface area contributed by atoms with Crippen molar-refractivity contribution in [2.45, 2.75) is 26.1 Å². The van der Waals surface area contributed by atoms with Crippen LogP contribution in [0, 0.1) is 0 Å². The van der Waals surface area contributed by atoms with Crippen molar-refractivity contribution in [3.8, 4) is 0 Å². The number of nitrogens with zero attached hydrogens (tertiary/aromatic N) is 3. The molecular weight excluding hydrogens is 393 g/mol. The van der Waals surface area contributed by atoms with Crippen molar-refractivity contribution in [3.63, 3.8) is 0 Å². The molecule has 28 heavy (non-hydrogen) atoms. The molecule has 6 nitrogen and oxygen atoms in total. The Morgan fingerprint density at radius 2 is 2.11 bits per heavy atom. The highest BCUT2D eigenvalue weighted by Crippen LogP contribution is 2.41. The highest BCUT2D eigenvalue weighted by Gasteiger charge is 2.41. The predicted octanol–water partition coefficient (Wildman–Crippen LogP) is 3.88. The maximum atomic E-state index is 13.6. The number of fused-ring (bicyclic) bond motifs is 1. The van der Waals surface area contributed by atoms with E-state index in [0.717, 1.165) is 11.8 Å². The van der Waals surface area contributed by atoms with Gasteiger partial charge in [0.05, 0.1) is 11.1 Å². The molecule has 1 aliphatic heterocycles. The van der Waals surface area contributed by atoms with Gasteiger partial charge in [-0.15, -0.1) is 0 Å². The van der Waals surface area contributed by atoms with Gasteiger partial charge < -0.3 is 10.1 Å². The number of anilines is 1. The maximum absolute atomic E-state index is 13.6. The first-order valence-electron chi connectivity index (χ1n) is 8.62. The summed E-state index contributed by atoms with van der Waals surface area (Å²) in [6.45, 7) is 3.77. The first kappa shape index (κ1) is 20.2. The van der Waals surface area contributed by atoms with Crippen molar-refractivity contribution < 1.29 is 22.7 Å². The number of ether oxygens (including phenoxy) is 1. The lowest BCUT2D eigenvalue weighted by atomic mass is 9.92. The standard InChI is InChI=1S/C18H19F3N4O2S/c1-3-28-9-8-27-16(26)14-11(2)24-17-22-10-23-25(17)15(14)12-6-4-5-7-13(12)18(19,20)21/h4-7,10,15H,3,8-9H2,1-2H3,(H,22,23,24). The zero-order chi connectivity index (χ0) is 20.3. The fourth-order valence-electron chi connectivity index (χ4n) is 3.05. The molecule has 0 radical (unpaired) electrons. The van der Waals surface area contributed by atoms with E-state index in [1.807, 2.05) is 6.92 Å². The second-order valence-corrected chi connectivity index (χ2v) is 7.41. The third-order valence-electron chi connectivity index (χ3n) is 4.24. The van der Waals surface area contributed by atoms with E-state index in [9.17, 15) is 18.0 Å². The minimum Gasteiger partial charge on any atom is -0.461 e. The van der Waals surface area contributed by atoms with Gasteiger partial charge in [0, 0.05) is 11.4 Å². The smallest absolute Gasteiger partial charge is 0.416 e. The molecule has 0 saturated heterocycles. The first-order chi connectivity index (χ1) is 13.3. The van der Waals surface area contributed by atoms with Crippen LogP contribution in [0.4, 0.5) is 19.1 Å². The van der Waals surface area contributed by atoms with Crippen LogP contribution < -0.4 is 5.32 Å². The Balaban J connectivity index is 2.05. The number of allylic oxidation sites excluding steroid dienone is 1. The number of esters is 1. The zero-order valence-electron chi connectivity index (χ0n) is 15.3. The molecule has 2 heterocycles. The maximum Gasteiger partial charge on any atom is 0.416 e. The van der Waals surface area contributed by atoms with E-state index in [-0.39, 0.29) is 23.7 Å². The van der Waals surface area contributed by atoms with Crippen molar-refractivity contribution in [2.75, 3.05) is 23.4 Å². The lowest BCUT2D eigenvalue weighted by molar-refractivity contribution is -0.141. The van der Waals surface area contributed by atoms with Gasteiger partial charge in [0.15, 0.2) is 0 Å². The second-order valence-electron chi connectivity index (χ2n) is 6.01. The molecule has 1 aromatic heterocycles. The summed E-state index contributed by atoms with van der Waals surface area (Å²) in [5.41, 5.74) is -0.452. The van der Waals surface area contributed by atoms with Crippen LogP contribution >= 0.6 is 11.8 Å². The number of rotatable bonds is 6. The predicted molar refractivity (Wildman–Crippen MR) is 99.9 cm³/mol. The summed E-state index contributed by atoms with van der Waals surface area (Å²) in [7, 11) is 0. The van der Waals surface area contributed by atoms with E-state index in [0.29, 0.717) is 11.4 Å². The van der Waals surface area contributed by atoms with E-state index < -0.39 is 23.8 Å². The molecule has 1 aromatic carbocycles. The number of aromatic nitrogens is 3. The number of alkyl halides is 3. The Bertz CT molecular complexity index is 895. The highest BCUT2D eigenvalue weighted by atomic mass is 32.2. The van der Waals surface area contributed by atoms with Gasteiger partial charge in [-0.1, -0.05) is 25.1 Å². The molecule has 10 heteroatoms. The third-order valence-corrected chi connectivity index (χ3v) is 5.10. The van der Waals surface area contributed by atoms with Crippen molar-refractivity contribution >= 4 is 23.7 Å². The number of halogens is 3. The lowest BCUT2D eigenvalue weighted by Crippen LogP contribution is -2.31. The molecule has 1 aliphatic rings. The van der Waals surface area contributed by atoms with E-state index in [4.69, 9.17) is 4.74 Å². The Morgan fingerprint density at radius 3 is 2.82 bits per heavy atom. The van der Waals surface area contributed by atoms with E-state index in [1.165, 1.54) is 29.2 Å². The number of benzene rings is 1. The number of carbonyl (C=O) groups excluding carboxylic acids is 1. The summed E-state index contributed by atoms with van der Waals surface area (Å²) in [4.78, 5) is 16.8. The Kier molecular flexibility index (Phi) is 5.97. The number of thioether (sulfide) groups is 1. The normalized spacial score (nSPS) is 16.5. The lowest BCUT2D eigenvalue weighted by Gasteiger charge is -2.29. The highest BCUT2D eigenvalue weighted by molar-refractivity contribution is 7.99. The summed E-state index contributed by atoms with van der Waals surface area (Å²) < 4.78 is 47.5. The minimum atomic E-state index is -4.58. The molecule has 1 unspecified atom stereocenters. The molecule has 0 spiro atoms. The number of carbonyl (C=O) groups is 1. The van der Waals surface area contributed by atoms with Crippen LogP contribution in [0.2, 0.25) is 0 Å². The van der Waals surface area contributed by atoms with Gasteiger partial charge in [0.25, 0.3) is 0 Å². The van der Waals surface area contributed by atoms with E-state index >= 15 is 0 Å². The van der Waals surface area contributed by atoms with Crippen LogP contribution in [0.25, 0.3) is 0 Å².